The highest BCUT2D eigenvalue weighted by molar-refractivity contribution is 5.83. The van der Waals surface area contributed by atoms with Crippen LogP contribution in [0.15, 0.2) is 0 Å². The van der Waals surface area contributed by atoms with E-state index >= 15 is 0 Å². The smallest absolute Gasteiger partial charge is 0.305 e. The lowest BCUT2D eigenvalue weighted by Gasteiger charge is -2.18. The number of carbonyl (C=O) groups is 3. The second-order valence-corrected chi connectivity index (χ2v) is 7.66. The zero-order chi connectivity index (χ0) is 19.2. The van der Waals surface area contributed by atoms with Crippen LogP contribution in [0.3, 0.4) is 0 Å². The first-order chi connectivity index (χ1) is 12.6. The Hall–Kier alpha value is -1.19. The highest BCUT2D eigenvalue weighted by atomic mass is 16.5. The van der Waals surface area contributed by atoms with Crippen LogP contribution >= 0.6 is 0 Å². The summed E-state index contributed by atoms with van der Waals surface area (Å²) in [6.45, 7) is 4.42. The van der Waals surface area contributed by atoms with Crippen molar-refractivity contribution in [3.05, 3.63) is 0 Å². The van der Waals surface area contributed by atoms with Gasteiger partial charge in [-0.3, -0.25) is 14.4 Å². The first kappa shape index (κ1) is 22.9. The molecule has 0 N–H and O–H groups in total. The van der Waals surface area contributed by atoms with Crippen molar-refractivity contribution in [2.75, 3.05) is 6.61 Å². The summed E-state index contributed by atoms with van der Waals surface area (Å²) in [6, 6.07) is 0. The second-order valence-electron chi connectivity index (χ2n) is 7.66. The Morgan fingerprint density at radius 3 is 2.38 bits per heavy atom. The molecule has 0 aromatic heterocycles. The van der Waals surface area contributed by atoms with E-state index in [0.29, 0.717) is 49.8 Å². The third-order valence-corrected chi connectivity index (χ3v) is 5.55. The minimum Gasteiger partial charge on any atom is -0.466 e. The molecule has 1 aliphatic carbocycles. The van der Waals surface area contributed by atoms with Crippen LogP contribution in [0.2, 0.25) is 0 Å². The molecule has 0 radical (unpaired) electrons. The number of ketones is 2. The third kappa shape index (κ3) is 9.49. The lowest BCUT2D eigenvalue weighted by molar-refractivity contribution is -0.143. The van der Waals surface area contributed by atoms with Crippen LogP contribution in [0.5, 0.6) is 0 Å². The van der Waals surface area contributed by atoms with Crippen molar-refractivity contribution in [1.82, 2.24) is 0 Å². The molecule has 26 heavy (non-hydrogen) atoms. The maximum atomic E-state index is 12.2. The van der Waals surface area contributed by atoms with Crippen molar-refractivity contribution in [2.24, 2.45) is 11.8 Å². The standard InChI is InChI=1S/C22H38O4/c1-3-5-8-11-19(23)16-14-18-15-17-21(24)20(18)12-9-6-7-10-13-22(25)26-4-2/h18,20H,3-17H2,1-2H3. The average Bonchev–Trinajstić information content (AvgIpc) is 2.96. The van der Waals surface area contributed by atoms with Gasteiger partial charge >= 0.3 is 5.97 Å². The van der Waals surface area contributed by atoms with Crippen LogP contribution in [0, 0.1) is 11.8 Å². The molecule has 0 spiro atoms. The van der Waals surface area contributed by atoms with E-state index < -0.39 is 0 Å². The number of esters is 1. The van der Waals surface area contributed by atoms with E-state index in [-0.39, 0.29) is 11.9 Å². The zero-order valence-electron chi connectivity index (χ0n) is 16.9. The molecule has 0 saturated heterocycles. The molecule has 0 amide bonds. The summed E-state index contributed by atoms with van der Waals surface area (Å²) in [5.41, 5.74) is 0. The number of rotatable bonds is 15. The van der Waals surface area contributed by atoms with Gasteiger partial charge in [0.2, 0.25) is 0 Å². The summed E-state index contributed by atoms with van der Waals surface area (Å²) >= 11 is 0. The normalized spacial score (nSPS) is 19.7. The fourth-order valence-corrected chi connectivity index (χ4v) is 3.98. The van der Waals surface area contributed by atoms with Crippen molar-refractivity contribution in [3.63, 3.8) is 0 Å². The largest absolute Gasteiger partial charge is 0.466 e. The first-order valence-electron chi connectivity index (χ1n) is 10.8. The number of unbranched alkanes of at least 4 members (excludes halogenated alkanes) is 5. The Bertz CT molecular complexity index is 430. The summed E-state index contributed by atoms with van der Waals surface area (Å²) < 4.78 is 4.92. The van der Waals surface area contributed by atoms with E-state index in [1.807, 2.05) is 6.92 Å². The van der Waals surface area contributed by atoms with Crippen LogP contribution in [0.25, 0.3) is 0 Å². The van der Waals surface area contributed by atoms with Gasteiger partial charge in [0.25, 0.3) is 0 Å². The molecule has 4 nitrogen and oxygen atoms in total. The number of ether oxygens (including phenoxy) is 1. The molecule has 1 fully saturated rings. The van der Waals surface area contributed by atoms with E-state index in [2.05, 4.69) is 6.92 Å². The monoisotopic (exact) mass is 366 g/mol. The molecular formula is C22H38O4. The average molecular weight is 367 g/mol. The molecule has 1 aliphatic rings. The molecule has 4 heteroatoms. The number of hydrogen-bond donors (Lipinski definition) is 0. The lowest BCUT2D eigenvalue weighted by atomic mass is 9.86. The van der Waals surface area contributed by atoms with Gasteiger partial charge in [-0.25, -0.2) is 0 Å². The fraction of sp³-hybridized carbons (Fsp3) is 0.864. The third-order valence-electron chi connectivity index (χ3n) is 5.55. The molecule has 0 aromatic rings. The van der Waals surface area contributed by atoms with Crippen LogP contribution < -0.4 is 0 Å². The van der Waals surface area contributed by atoms with Crippen molar-refractivity contribution >= 4 is 17.5 Å². The molecule has 0 bridgehead atoms. The quantitative estimate of drug-likeness (QED) is 0.287. The van der Waals surface area contributed by atoms with Gasteiger partial charge in [-0.1, -0.05) is 39.0 Å². The minimum atomic E-state index is -0.109. The van der Waals surface area contributed by atoms with Crippen LogP contribution in [0.4, 0.5) is 0 Å². The fourth-order valence-electron chi connectivity index (χ4n) is 3.98. The van der Waals surface area contributed by atoms with Crippen molar-refractivity contribution < 1.29 is 19.1 Å². The molecule has 0 heterocycles. The van der Waals surface area contributed by atoms with E-state index in [1.54, 1.807) is 0 Å². The molecule has 1 saturated carbocycles. The Labute approximate surface area is 159 Å². The van der Waals surface area contributed by atoms with E-state index in [9.17, 15) is 14.4 Å². The van der Waals surface area contributed by atoms with E-state index in [1.165, 1.54) is 0 Å². The van der Waals surface area contributed by atoms with Crippen LogP contribution in [0.1, 0.15) is 104 Å². The van der Waals surface area contributed by atoms with Gasteiger partial charge in [-0.15, -0.1) is 0 Å². The zero-order valence-corrected chi connectivity index (χ0v) is 16.9. The van der Waals surface area contributed by atoms with Crippen LogP contribution in [-0.2, 0) is 19.1 Å². The summed E-state index contributed by atoms with van der Waals surface area (Å²) in [5, 5.41) is 0. The van der Waals surface area contributed by atoms with Gasteiger partial charge in [-0.2, -0.15) is 0 Å². The Kier molecular flexibility index (Phi) is 12.3. The van der Waals surface area contributed by atoms with Gasteiger partial charge in [0.15, 0.2) is 0 Å². The maximum absolute atomic E-state index is 12.2. The Balaban J connectivity index is 2.17. The topological polar surface area (TPSA) is 60.4 Å². The highest BCUT2D eigenvalue weighted by Gasteiger charge is 2.33. The molecule has 0 aliphatic heterocycles. The highest BCUT2D eigenvalue weighted by Crippen LogP contribution is 2.36. The number of carbonyl (C=O) groups excluding carboxylic acids is 3. The van der Waals surface area contributed by atoms with Crippen molar-refractivity contribution in [1.29, 1.82) is 0 Å². The molecule has 150 valence electrons. The van der Waals surface area contributed by atoms with Gasteiger partial charge in [0, 0.05) is 31.6 Å². The van der Waals surface area contributed by atoms with Crippen molar-refractivity contribution in [2.45, 2.75) is 104 Å². The summed E-state index contributed by atoms with van der Waals surface area (Å²) in [6.07, 6.45) is 12.6. The number of hydrogen-bond acceptors (Lipinski definition) is 4. The van der Waals surface area contributed by atoms with E-state index in [0.717, 1.165) is 64.2 Å². The first-order valence-corrected chi connectivity index (χ1v) is 10.8. The Morgan fingerprint density at radius 2 is 1.65 bits per heavy atom. The van der Waals surface area contributed by atoms with Gasteiger partial charge < -0.3 is 4.74 Å². The summed E-state index contributed by atoms with van der Waals surface area (Å²) in [4.78, 5) is 35.4. The molecule has 1 rings (SSSR count). The van der Waals surface area contributed by atoms with Gasteiger partial charge in [0.1, 0.15) is 11.6 Å². The van der Waals surface area contributed by atoms with Gasteiger partial charge in [-0.05, 0) is 44.9 Å². The summed E-state index contributed by atoms with van der Waals surface area (Å²) in [5.74, 6) is 1.25. The minimum absolute atomic E-state index is 0.109. The second kappa shape index (κ2) is 13.9. The molecule has 0 aromatic carbocycles. The van der Waals surface area contributed by atoms with Gasteiger partial charge in [0.05, 0.1) is 6.61 Å². The number of Topliss-reactive ketones (excluding diaryl/α,β-unsaturated/α-hetero) is 2. The summed E-state index contributed by atoms with van der Waals surface area (Å²) in [7, 11) is 0. The van der Waals surface area contributed by atoms with Crippen LogP contribution in [-0.4, -0.2) is 24.1 Å². The lowest BCUT2D eigenvalue weighted by Crippen LogP contribution is -2.16. The predicted molar refractivity (Wildman–Crippen MR) is 104 cm³/mol. The molecular weight excluding hydrogens is 328 g/mol. The van der Waals surface area contributed by atoms with Crippen molar-refractivity contribution in [3.8, 4) is 0 Å². The van der Waals surface area contributed by atoms with E-state index in [4.69, 9.17) is 4.74 Å². The SMILES string of the molecule is CCCCCC(=O)CCC1CCC(=O)C1CCCCCCC(=O)OCC. The predicted octanol–water partition coefficient (Wildman–Crippen LogP) is 5.42. The molecule has 2 unspecified atom stereocenters. The molecule has 2 atom stereocenters. The maximum Gasteiger partial charge on any atom is 0.305 e. The Morgan fingerprint density at radius 1 is 0.923 bits per heavy atom.